The van der Waals surface area contributed by atoms with E-state index >= 15 is 0 Å². The van der Waals surface area contributed by atoms with Crippen LogP contribution in [0.5, 0.6) is 0 Å². The molecule has 0 radical (unpaired) electrons. The number of esters is 1. The lowest BCUT2D eigenvalue weighted by Gasteiger charge is -2.21. The van der Waals surface area contributed by atoms with Crippen LogP contribution in [0.3, 0.4) is 0 Å². The Morgan fingerprint density at radius 2 is 2.10 bits per heavy atom. The van der Waals surface area contributed by atoms with Crippen LogP contribution in [-0.4, -0.2) is 50.6 Å². The molecule has 7 nitrogen and oxygen atoms in total. The summed E-state index contributed by atoms with van der Waals surface area (Å²) >= 11 is 0. The predicted molar refractivity (Wildman–Crippen MR) is 78.3 cm³/mol. The van der Waals surface area contributed by atoms with Crippen molar-refractivity contribution < 1.29 is 23.1 Å². The number of aliphatic hydroxyl groups excluding tert-OH is 1. The molecule has 8 heteroatoms. The maximum Gasteiger partial charge on any atom is 0.337 e. The van der Waals surface area contributed by atoms with E-state index in [1.807, 2.05) is 0 Å². The molecule has 0 saturated heterocycles. The second-order valence-electron chi connectivity index (χ2n) is 4.32. The highest BCUT2D eigenvalue weighted by Crippen LogP contribution is 2.24. The van der Waals surface area contributed by atoms with Gasteiger partial charge in [-0.25, -0.2) is 13.2 Å². The number of sulfonamides is 1. The molecule has 21 heavy (non-hydrogen) atoms. The van der Waals surface area contributed by atoms with Crippen molar-refractivity contribution in [2.24, 2.45) is 0 Å². The van der Waals surface area contributed by atoms with E-state index in [1.165, 1.54) is 29.6 Å². The van der Waals surface area contributed by atoms with Gasteiger partial charge in [-0.3, -0.25) is 0 Å². The number of hydrogen-bond donors (Lipinski definition) is 2. The Hall–Kier alpha value is -1.64. The zero-order valence-corrected chi connectivity index (χ0v) is 12.9. The van der Waals surface area contributed by atoms with E-state index in [0.717, 1.165) is 0 Å². The molecule has 0 spiro atoms. The predicted octanol–water partition coefficient (Wildman–Crippen LogP) is 0.448. The minimum Gasteiger partial charge on any atom is -0.465 e. The molecule has 0 fully saturated rings. The highest BCUT2D eigenvalue weighted by Gasteiger charge is 2.25. The molecule has 0 aliphatic carbocycles. The molecule has 0 heterocycles. The monoisotopic (exact) mass is 316 g/mol. The van der Waals surface area contributed by atoms with Gasteiger partial charge in [0.15, 0.2) is 0 Å². The molecule has 0 aromatic heterocycles. The maximum atomic E-state index is 12.5. The molecule has 1 aromatic rings. The van der Waals surface area contributed by atoms with E-state index in [4.69, 9.17) is 10.8 Å². The topological polar surface area (TPSA) is 110 Å². The van der Waals surface area contributed by atoms with E-state index in [0.29, 0.717) is 6.42 Å². The zero-order valence-electron chi connectivity index (χ0n) is 12.1. The van der Waals surface area contributed by atoms with Crippen molar-refractivity contribution in [3.05, 3.63) is 23.8 Å². The lowest BCUT2D eigenvalue weighted by Crippen LogP contribution is -2.32. The van der Waals surface area contributed by atoms with Gasteiger partial charge in [-0.2, -0.15) is 4.31 Å². The molecule has 0 bridgehead atoms. The fourth-order valence-corrected chi connectivity index (χ4v) is 3.45. The Morgan fingerprint density at radius 1 is 1.43 bits per heavy atom. The molecule has 0 aliphatic rings. The summed E-state index contributed by atoms with van der Waals surface area (Å²) in [4.78, 5) is 11.3. The summed E-state index contributed by atoms with van der Waals surface area (Å²) in [5.74, 6) is -0.585. The van der Waals surface area contributed by atoms with Crippen molar-refractivity contribution in [2.75, 3.05) is 32.5 Å². The summed E-state index contributed by atoms with van der Waals surface area (Å²) in [6.07, 6.45) is 0.340. The average molecular weight is 316 g/mol. The van der Waals surface area contributed by atoms with Crippen molar-refractivity contribution >= 4 is 21.7 Å². The van der Waals surface area contributed by atoms with Gasteiger partial charge in [-0.15, -0.1) is 0 Å². The Bertz CT molecular complexity index is 601. The van der Waals surface area contributed by atoms with Crippen molar-refractivity contribution in [1.82, 2.24) is 4.31 Å². The smallest absolute Gasteiger partial charge is 0.337 e. The number of nitrogens with zero attached hydrogens (tertiary/aromatic N) is 1. The third-order valence-corrected chi connectivity index (χ3v) is 5.02. The summed E-state index contributed by atoms with van der Waals surface area (Å²) in [5.41, 5.74) is 5.93. The van der Waals surface area contributed by atoms with Gasteiger partial charge in [0.25, 0.3) is 0 Å². The molecule has 0 atom stereocenters. The zero-order chi connectivity index (χ0) is 16.0. The van der Waals surface area contributed by atoms with Gasteiger partial charge in [0.1, 0.15) is 4.90 Å². The average Bonchev–Trinajstić information content (AvgIpc) is 2.46. The van der Waals surface area contributed by atoms with Crippen molar-refractivity contribution in [3.8, 4) is 0 Å². The molecule has 1 aromatic carbocycles. The summed E-state index contributed by atoms with van der Waals surface area (Å²) in [7, 11) is -2.53. The Kier molecular flexibility index (Phi) is 6.13. The number of aliphatic hydroxyl groups is 1. The molecule has 0 amide bonds. The third kappa shape index (κ3) is 3.93. The third-order valence-electron chi connectivity index (χ3n) is 2.97. The molecule has 118 valence electrons. The number of benzene rings is 1. The van der Waals surface area contributed by atoms with Crippen LogP contribution in [0.15, 0.2) is 23.1 Å². The normalized spacial score (nSPS) is 11.6. The number of methoxy groups -OCH3 is 1. The van der Waals surface area contributed by atoms with Gasteiger partial charge in [0, 0.05) is 19.7 Å². The highest BCUT2D eigenvalue weighted by atomic mass is 32.2. The lowest BCUT2D eigenvalue weighted by atomic mass is 10.2. The van der Waals surface area contributed by atoms with Crippen LogP contribution in [0.25, 0.3) is 0 Å². The van der Waals surface area contributed by atoms with Crippen molar-refractivity contribution in [2.45, 2.75) is 18.2 Å². The number of anilines is 1. The molecule has 0 unspecified atom stereocenters. The minimum atomic E-state index is -3.76. The first kappa shape index (κ1) is 17.4. The molecular formula is C13H20N2O5S. The maximum absolute atomic E-state index is 12.5. The summed E-state index contributed by atoms with van der Waals surface area (Å²) in [6.45, 7) is 2.07. The highest BCUT2D eigenvalue weighted by molar-refractivity contribution is 7.89. The number of nitrogens with two attached hydrogens (primary N) is 1. The molecule has 3 N–H and O–H groups in total. The number of rotatable bonds is 7. The van der Waals surface area contributed by atoms with Crippen LogP contribution in [0.4, 0.5) is 5.69 Å². The van der Waals surface area contributed by atoms with E-state index in [-0.39, 0.29) is 35.8 Å². The van der Waals surface area contributed by atoms with Crippen LogP contribution in [0.2, 0.25) is 0 Å². The van der Waals surface area contributed by atoms with Crippen LogP contribution in [-0.2, 0) is 14.8 Å². The van der Waals surface area contributed by atoms with Crippen LogP contribution >= 0.6 is 0 Å². The minimum absolute atomic E-state index is 0.0136. The second-order valence-corrected chi connectivity index (χ2v) is 6.22. The summed E-state index contributed by atoms with van der Waals surface area (Å²) in [6, 6.07) is 3.92. The van der Waals surface area contributed by atoms with E-state index in [1.54, 1.807) is 6.92 Å². The van der Waals surface area contributed by atoms with Gasteiger partial charge < -0.3 is 15.6 Å². The standard InChI is InChI=1S/C13H20N2O5S/c1-3-15(7-4-8-16)21(18,19)12-6-5-10(9-11(12)14)13(17)20-2/h5-6,9,16H,3-4,7-8,14H2,1-2H3. The summed E-state index contributed by atoms with van der Waals surface area (Å²) < 4.78 is 30.8. The first-order valence-electron chi connectivity index (χ1n) is 6.47. The number of carbonyl (C=O) groups excluding carboxylic acids is 1. The van der Waals surface area contributed by atoms with E-state index < -0.39 is 16.0 Å². The SMILES string of the molecule is CCN(CCCO)S(=O)(=O)c1ccc(C(=O)OC)cc1N. The van der Waals surface area contributed by atoms with Gasteiger partial charge in [0.05, 0.1) is 18.4 Å². The van der Waals surface area contributed by atoms with Gasteiger partial charge in [-0.05, 0) is 24.6 Å². The lowest BCUT2D eigenvalue weighted by molar-refractivity contribution is 0.0600. The first-order chi connectivity index (χ1) is 9.88. The Morgan fingerprint density at radius 3 is 2.57 bits per heavy atom. The van der Waals surface area contributed by atoms with Gasteiger partial charge in [-0.1, -0.05) is 6.92 Å². The van der Waals surface area contributed by atoms with Crippen LogP contribution in [0, 0.1) is 0 Å². The van der Waals surface area contributed by atoms with Crippen LogP contribution in [0.1, 0.15) is 23.7 Å². The van der Waals surface area contributed by atoms with E-state index in [9.17, 15) is 13.2 Å². The van der Waals surface area contributed by atoms with Crippen LogP contribution < -0.4 is 5.73 Å². The molecule has 0 aliphatic heterocycles. The number of nitrogen functional groups attached to an aromatic ring is 1. The fraction of sp³-hybridized carbons (Fsp3) is 0.462. The Labute approximate surface area is 124 Å². The largest absolute Gasteiger partial charge is 0.465 e. The molecule has 1 rings (SSSR count). The second kappa shape index (κ2) is 7.39. The van der Waals surface area contributed by atoms with Gasteiger partial charge in [0.2, 0.25) is 10.0 Å². The summed E-state index contributed by atoms with van der Waals surface area (Å²) in [5, 5.41) is 8.83. The Balaban J connectivity index is 3.16. The number of ether oxygens (including phenoxy) is 1. The number of carbonyl (C=O) groups is 1. The molecule has 0 saturated carbocycles. The van der Waals surface area contributed by atoms with E-state index in [2.05, 4.69) is 4.74 Å². The number of hydrogen-bond acceptors (Lipinski definition) is 6. The van der Waals surface area contributed by atoms with Crippen molar-refractivity contribution in [1.29, 1.82) is 0 Å². The first-order valence-corrected chi connectivity index (χ1v) is 7.91. The van der Waals surface area contributed by atoms with Crippen molar-refractivity contribution in [3.63, 3.8) is 0 Å². The van der Waals surface area contributed by atoms with Gasteiger partial charge >= 0.3 is 5.97 Å². The quantitative estimate of drug-likeness (QED) is 0.558. The fourth-order valence-electron chi connectivity index (χ4n) is 1.86. The molecular weight excluding hydrogens is 296 g/mol.